The van der Waals surface area contributed by atoms with Crippen LogP contribution in [0, 0.1) is 0 Å². The molecule has 1 amide bonds. The highest BCUT2D eigenvalue weighted by molar-refractivity contribution is 7.85. The maximum atomic E-state index is 12.7. The molecule has 0 spiro atoms. The van der Waals surface area contributed by atoms with E-state index in [0.717, 1.165) is 0 Å². The second-order valence-corrected chi connectivity index (χ2v) is 9.25. The molecule has 1 rings (SSSR count). The molecule has 0 aliphatic carbocycles. The van der Waals surface area contributed by atoms with Gasteiger partial charge < -0.3 is 14.5 Å². The zero-order valence-electron chi connectivity index (χ0n) is 20.2. The number of benzene rings is 1. The summed E-state index contributed by atoms with van der Waals surface area (Å²) in [5.74, 6) is -1.00. The highest BCUT2D eigenvalue weighted by atomic mass is 32.2. The first-order valence-electron chi connectivity index (χ1n) is 10.2. The van der Waals surface area contributed by atoms with E-state index in [-0.39, 0.29) is 17.7 Å². The van der Waals surface area contributed by atoms with Gasteiger partial charge >= 0.3 is 5.97 Å². The smallest absolute Gasteiger partial charge is 0.326 e. The van der Waals surface area contributed by atoms with Crippen molar-refractivity contribution < 1.29 is 23.3 Å². The molecule has 0 N–H and O–H groups in total. The minimum Gasteiger partial charge on any atom is -0.459 e. The van der Waals surface area contributed by atoms with Crippen LogP contribution in [0.25, 0.3) is 0 Å². The zero-order chi connectivity index (χ0) is 24.4. The predicted molar refractivity (Wildman–Crippen MR) is 126 cm³/mol. The first kappa shape index (κ1) is 28.7. The summed E-state index contributed by atoms with van der Waals surface area (Å²) >= 11 is 0. The van der Waals surface area contributed by atoms with Crippen molar-refractivity contribution in [3.8, 4) is 0 Å². The monoisotopic (exact) mass is 455 g/mol. The summed E-state index contributed by atoms with van der Waals surface area (Å²) in [6.45, 7) is 10.2. The van der Waals surface area contributed by atoms with Crippen LogP contribution in [0.4, 0.5) is 5.69 Å². The van der Waals surface area contributed by atoms with Gasteiger partial charge in [0.15, 0.2) is 6.29 Å². The number of hydrogen-bond acceptors (Lipinski definition) is 6. The van der Waals surface area contributed by atoms with E-state index in [1.165, 1.54) is 18.0 Å². The van der Waals surface area contributed by atoms with Gasteiger partial charge in [0, 0.05) is 32.0 Å². The topological polar surface area (TPSA) is 87.2 Å². The second kappa shape index (κ2) is 13.2. The minimum absolute atomic E-state index is 0.170. The second-order valence-electron chi connectivity index (χ2n) is 7.97. The largest absolute Gasteiger partial charge is 0.459 e. The van der Waals surface area contributed by atoms with Crippen molar-refractivity contribution in [3.05, 3.63) is 29.3 Å². The number of carbonyl (C=O) groups excluding carboxylic acids is 3. The predicted octanol–water partition coefficient (Wildman–Crippen LogP) is 2.60. The number of carbonyl (C=O) groups is 3. The SMILES string of the molecule is CC.CN(C)CCN(c1ccc(C(=O)N(C)CC(=O)OC(C)(C)C)c(C=O)c1)S(C)=O. The number of esters is 1. The summed E-state index contributed by atoms with van der Waals surface area (Å²) in [6.07, 6.45) is 2.14. The van der Waals surface area contributed by atoms with Crippen LogP contribution < -0.4 is 4.31 Å². The van der Waals surface area contributed by atoms with Crippen molar-refractivity contribution in [1.82, 2.24) is 9.80 Å². The van der Waals surface area contributed by atoms with E-state index in [2.05, 4.69) is 0 Å². The third-order valence-electron chi connectivity index (χ3n) is 3.87. The van der Waals surface area contributed by atoms with E-state index in [0.29, 0.717) is 25.1 Å². The van der Waals surface area contributed by atoms with Crippen LogP contribution in [0.5, 0.6) is 0 Å². The molecule has 9 heteroatoms. The average Bonchev–Trinajstić information content (AvgIpc) is 2.66. The number of hydrogen-bond donors (Lipinski definition) is 0. The normalized spacial score (nSPS) is 11.8. The van der Waals surface area contributed by atoms with Crippen LogP contribution >= 0.6 is 0 Å². The Kier molecular flexibility index (Phi) is 12.3. The van der Waals surface area contributed by atoms with Crippen molar-refractivity contribution in [2.45, 2.75) is 40.2 Å². The van der Waals surface area contributed by atoms with Crippen LogP contribution in [-0.4, -0.2) is 84.8 Å². The number of likely N-dealkylation sites (N-methyl/N-ethyl adjacent to an activating group) is 2. The summed E-state index contributed by atoms with van der Waals surface area (Å²) < 4.78 is 19.0. The molecule has 0 saturated heterocycles. The molecule has 0 fully saturated rings. The highest BCUT2D eigenvalue weighted by Gasteiger charge is 2.23. The fraction of sp³-hybridized carbons (Fsp3) is 0.591. The van der Waals surface area contributed by atoms with Crippen LogP contribution in [0.15, 0.2) is 18.2 Å². The summed E-state index contributed by atoms with van der Waals surface area (Å²) in [6, 6.07) is 4.71. The number of amides is 1. The Morgan fingerprint density at radius 3 is 2.13 bits per heavy atom. The van der Waals surface area contributed by atoms with E-state index in [4.69, 9.17) is 4.74 Å². The molecule has 1 atom stereocenters. The van der Waals surface area contributed by atoms with Crippen LogP contribution in [0.3, 0.4) is 0 Å². The van der Waals surface area contributed by atoms with Crippen molar-refractivity contribution in [2.24, 2.45) is 0 Å². The van der Waals surface area contributed by atoms with Gasteiger partial charge in [0.25, 0.3) is 5.91 Å². The van der Waals surface area contributed by atoms with E-state index in [1.807, 2.05) is 32.8 Å². The highest BCUT2D eigenvalue weighted by Crippen LogP contribution is 2.21. The lowest BCUT2D eigenvalue weighted by molar-refractivity contribution is -0.155. The molecule has 1 unspecified atom stereocenters. The molecule has 0 heterocycles. The Balaban J connectivity index is 0.00000436. The van der Waals surface area contributed by atoms with Gasteiger partial charge in [0.2, 0.25) is 0 Å². The molecule has 176 valence electrons. The maximum Gasteiger partial charge on any atom is 0.326 e. The first-order valence-corrected chi connectivity index (χ1v) is 11.7. The summed E-state index contributed by atoms with van der Waals surface area (Å²) in [5.41, 5.74) is 0.275. The Morgan fingerprint density at radius 1 is 1.10 bits per heavy atom. The Morgan fingerprint density at radius 2 is 1.68 bits per heavy atom. The van der Waals surface area contributed by atoms with Crippen LogP contribution in [0.2, 0.25) is 0 Å². The third-order valence-corrected chi connectivity index (χ3v) is 4.89. The van der Waals surface area contributed by atoms with Gasteiger partial charge in [0.05, 0.1) is 11.3 Å². The van der Waals surface area contributed by atoms with Gasteiger partial charge in [-0.2, -0.15) is 0 Å². The standard InChI is InChI=1S/C20H31N3O5S.C2H6/c1-20(2,3)28-18(25)13-22(6)19(26)17-9-8-16(12-15(17)14-24)23(29(7)27)11-10-21(4)5;1-2/h8-9,12,14H,10-11,13H2,1-7H3;1-2H3. The summed E-state index contributed by atoms with van der Waals surface area (Å²) in [7, 11) is 4.01. The lowest BCUT2D eigenvalue weighted by Crippen LogP contribution is -2.36. The third kappa shape index (κ3) is 10.1. The minimum atomic E-state index is -1.29. The lowest BCUT2D eigenvalue weighted by atomic mass is 10.1. The van der Waals surface area contributed by atoms with Gasteiger partial charge in [-0.15, -0.1) is 0 Å². The molecule has 0 bridgehead atoms. The summed E-state index contributed by atoms with van der Waals surface area (Å²) in [4.78, 5) is 39.5. The molecule has 1 aromatic rings. The molecule has 0 aliphatic heterocycles. The molecular weight excluding hydrogens is 418 g/mol. The number of aldehydes is 1. The van der Waals surface area contributed by atoms with Gasteiger partial charge in [0.1, 0.15) is 23.1 Å². The Bertz CT molecular complexity index is 775. The maximum absolute atomic E-state index is 12.7. The molecular formula is C22H37N3O5S. The van der Waals surface area contributed by atoms with Gasteiger partial charge in [-0.1, -0.05) is 13.8 Å². The molecule has 0 aromatic heterocycles. The van der Waals surface area contributed by atoms with E-state index < -0.39 is 28.5 Å². The van der Waals surface area contributed by atoms with Crippen molar-refractivity contribution in [2.75, 3.05) is 51.3 Å². The molecule has 1 aromatic carbocycles. The fourth-order valence-electron chi connectivity index (χ4n) is 2.54. The van der Waals surface area contributed by atoms with Crippen LogP contribution in [0.1, 0.15) is 55.3 Å². The van der Waals surface area contributed by atoms with Crippen LogP contribution in [-0.2, 0) is 20.5 Å². The van der Waals surface area contributed by atoms with Gasteiger partial charge in [-0.05, 0) is 53.1 Å². The van der Waals surface area contributed by atoms with Gasteiger partial charge in [-0.25, -0.2) is 4.21 Å². The fourth-order valence-corrected chi connectivity index (χ4v) is 3.29. The quantitative estimate of drug-likeness (QED) is 0.420. The molecule has 0 aliphatic rings. The number of ether oxygens (including phenoxy) is 1. The van der Waals surface area contributed by atoms with Gasteiger partial charge in [-0.3, -0.25) is 18.7 Å². The number of rotatable bonds is 9. The molecule has 0 radical (unpaired) electrons. The Hall–Kier alpha value is -2.26. The van der Waals surface area contributed by atoms with Crippen molar-refractivity contribution in [1.29, 1.82) is 0 Å². The van der Waals surface area contributed by atoms with E-state index >= 15 is 0 Å². The van der Waals surface area contributed by atoms with Crippen molar-refractivity contribution >= 4 is 34.8 Å². The zero-order valence-corrected chi connectivity index (χ0v) is 21.0. The lowest BCUT2D eigenvalue weighted by Gasteiger charge is -2.25. The molecule has 31 heavy (non-hydrogen) atoms. The average molecular weight is 456 g/mol. The van der Waals surface area contributed by atoms with Crippen molar-refractivity contribution in [3.63, 3.8) is 0 Å². The molecule has 0 saturated carbocycles. The Labute approximate surface area is 189 Å². The first-order chi connectivity index (χ1) is 14.4. The summed E-state index contributed by atoms with van der Waals surface area (Å²) in [5, 5.41) is 0. The van der Waals surface area contributed by atoms with E-state index in [1.54, 1.807) is 43.5 Å². The number of nitrogens with zero attached hydrogens (tertiary/aromatic N) is 3. The molecule has 8 nitrogen and oxygen atoms in total. The van der Waals surface area contributed by atoms with E-state index in [9.17, 15) is 18.6 Å². The number of anilines is 1.